The van der Waals surface area contributed by atoms with Gasteiger partial charge >= 0.3 is 0 Å². The predicted molar refractivity (Wildman–Crippen MR) is 101 cm³/mol. The molecule has 3 nitrogen and oxygen atoms in total. The molecule has 1 aromatic rings. The summed E-state index contributed by atoms with van der Waals surface area (Å²) < 4.78 is 45.6. The summed E-state index contributed by atoms with van der Waals surface area (Å²) in [6.45, 7) is 5.33. The molecule has 0 spiro atoms. The average Bonchev–Trinajstić information content (AvgIpc) is 2.71. The zero-order valence-electron chi connectivity index (χ0n) is 16.5. The van der Waals surface area contributed by atoms with Crippen LogP contribution in [0.3, 0.4) is 0 Å². The number of rotatable bonds is 7. The van der Waals surface area contributed by atoms with Gasteiger partial charge in [0, 0.05) is 5.92 Å². The normalized spacial score (nSPS) is 28.9. The third kappa shape index (κ3) is 5.20. The van der Waals surface area contributed by atoms with Crippen molar-refractivity contribution in [2.45, 2.75) is 76.9 Å². The van der Waals surface area contributed by atoms with E-state index in [-0.39, 0.29) is 17.8 Å². The second-order valence-corrected chi connectivity index (χ2v) is 7.83. The first-order chi connectivity index (χ1) is 13.1. The molecule has 0 radical (unpaired) electrons. The predicted octanol–water partition coefficient (Wildman–Crippen LogP) is 5.61. The highest BCUT2D eigenvalue weighted by Crippen LogP contribution is 2.34. The Morgan fingerprint density at radius 2 is 1.78 bits per heavy atom. The van der Waals surface area contributed by atoms with Gasteiger partial charge in [-0.15, -0.1) is 0 Å². The maximum atomic E-state index is 14.4. The standard InChI is InChI=1S/C22H32F2O3/c1-3-15-5-8-17(9-6-15)27-14-18-10-7-16(13-26-18)19-11-12-20(25-4-2)22(24)21(19)23/h11-12,15-18H,3-10,13-14H2,1-2H3. The van der Waals surface area contributed by atoms with Gasteiger partial charge < -0.3 is 14.2 Å². The molecule has 1 aromatic carbocycles. The molecule has 27 heavy (non-hydrogen) atoms. The van der Waals surface area contributed by atoms with Crippen LogP contribution in [-0.4, -0.2) is 32.0 Å². The van der Waals surface area contributed by atoms with Gasteiger partial charge in [-0.2, -0.15) is 4.39 Å². The van der Waals surface area contributed by atoms with Crippen molar-refractivity contribution in [3.63, 3.8) is 0 Å². The lowest BCUT2D eigenvalue weighted by Crippen LogP contribution is -2.32. The highest BCUT2D eigenvalue weighted by molar-refractivity contribution is 5.33. The first-order valence-corrected chi connectivity index (χ1v) is 10.5. The van der Waals surface area contributed by atoms with Crippen LogP contribution >= 0.6 is 0 Å². The van der Waals surface area contributed by atoms with E-state index in [0.717, 1.165) is 31.6 Å². The van der Waals surface area contributed by atoms with E-state index in [0.29, 0.717) is 31.5 Å². The fourth-order valence-electron chi connectivity index (χ4n) is 4.26. The molecular weight excluding hydrogens is 350 g/mol. The third-order valence-electron chi connectivity index (χ3n) is 6.08. The van der Waals surface area contributed by atoms with Crippen LogP contribution in [0, 0.1) is 17.6 Å². The van der Waals surface area contributed by atoms with Gasteiger partial charge in [0.2, 0.25) is 5.82 Å². The van der Waals surface area contributed by atoms with E-state index in [4.69, 9.17) is 14.2 Å². The Bertz CT molecular complexity index is 591. The summed E-state index contributed by atoms with van der Waals surface area (Å²) in [5.74, 6) is -0.994. The largest absolute Gasteiger partial charge is 0.491 e. The van der Waals surface area contributed by atoms with E-state index in [9.17, 15) is 8.78 Å². The Labute approximate surface area is 161 Å². The molecule has 1 aliphatic heterocycles. The van der Waals surface area contributed by atoms with Crippen LogP contribution in [0.25, 0.3) is 0 Å². The number of ether oxygens (including phenoxy) is 3. The molecule has 0 amide bonds. The summed E-state index contributed by atoms with van der Waals surface area (Å²) in [4.78, 5) is 0. The lowest BCUT2D eigenvalue weighted by atomic mass is 9.86. The van der Waals surface area contributed by atoms with Crippen molar-refractivity contribution in [2.24, 2.45) is 5.92 Å². The van der Waals surface area contributed by atoms with E-state index in [1.165, 1.54) is 25.3 Å². The molecule has 1 saturated heterocycles. The molecule has 2 aliphatic rings. The van der Waals surface area contributed by atoms with Crippen molar-refractivity contribution in [3.8, 4) is 5.75 Å². The molecule has 1 heterocycles. The molecule has 1 saturated carbocycles. The maximum Gasteiger partial charge on any atom is 0.200 e. The lowest BCUT2D eigenvalue weighted by molar-refractivity contribution is -0.0779. The topological polar surface area (TPSA) is 27.7 Å². The molecule has 2 atom stereocenters. The van der Waals surface area contributed by atoms with Crippen LogP contribution in [0.15, 0.2) is 12.1 Å². The van der Waals surface area contributed by atoms with Crippen LogP contribution in [-0.2, 0) is 9.47 Å². The molecule has 1 aliphatic carbocycles. The Balaban J connectivity index is 1.46. The summed E-state index contributed by atoms with van der Waals surface area (Å²) in [5.41, 5.74) is 0.383. The monoisotopic (exact) mass is 382 g/mol. The van der Waals surface area contributed by atoms with Crippen molar-refractivity contribution in [2.75, 3.05) is 19.8 Å². The highest BCUT2D eigenvalue weighted by atomic mass is 19.2. The van der Waals surface area contributed by atoms with Gasteiger partial charge in [-0.25, -0.2) is 4.39 Å². The Morgan fingerprint density at radius 1 is 1.00 bits per heavy atom. The van der Waals surface area contributed by atoms with Gasteiger partial charge in [0.1, 0.15) is 0 Å². The molecule has 0 aromatic heterocycles. The van der Waals surface area contributed by atoms with Crippen LogP contribution < -0.4 is 4.74 Å². The van der Waals surface area contributed by atoms with Gasteiger partial charge in [-0.05, 0) is 63.0 Å². The summed E-state index contributed by atoms with van der Waals surface area (Å²) in [5, 5.41) is 0. The number of halogens is 2. The molecule has 0 N–H and O–H groups in total. The molecular formula is C22H32F2O3. The fourth-order valence-corrected chi connectivity index (χ4v) is 4.26. The second kappa shape index (κ2) is 9.83. The van der Waals surface area contributed by atoms with Crippen molar-refractivity contribution in [1.29, 1.82) is 0 Å². The van der Waals surface area contributed by atoms with E-state index >= 15 is 0 Å². The number of benzene rings is 1. The van der Waals surface area contributed by atoms with Crippen LogP contribution in [0.4, 0.5) is 8.78 Å². The van der Waals surface area contributed by atoms with Gasteiger partial charge in [-0.1, -0.05) is 19.4 Å². The highest BCUT2D eigenvalue weighted by Gasteiger charge is 2.28. The quantitative estimate of drug-likeness (QED) is 0.613. The lowest BCUT2D eigenvalue weighted by Gasteiger charge is -2.32. The van der Waals surface area contributed by atoms with Crippen molar-refractivity contribution < 1.29 is 23.0 Å². The van der Waals surface area contributed by atoms with Gasteiger partial charge in [0.25, 0.3) is 0 Å². The SMILES string of the molecule is CCOc1ccc(C2CCC(COC3CCC(CC)CC3)OC2)c(F)c1F. The molecule has 5 heteroatoms. The van der Waals surface area contributed by atoms with Crippen molar-refractivity contribution in [1.82, 2.24) is 0 Å². The zero-order valence-corrected chi connectivity index (χ0v) is 16.5. The molecule has 2 unspecified atom stereocenters. The minimum absolute atomic E-state index is 0.0282. The maximum absolute atomic E-state index is 14.4. The van der Waals surface area contributed by atoms with E-state index in [1.807, 2.05) is 0 Å². The molecule has 3 rings (SSSR count). The average molecular weight is 382 g/mol. The summed E-state index contributed by atoms with van der Waals surface area (Å²) in [6.07, 6.45) is 8.07. The summed E-state index contributed by atoms with van der Waals surface area (Å²) in [7, 11) is 0. The molecule has 152 valence electrons. The fraction of sp³-hybridized carbons (Fsp3) is 0.727. The van der Waals surface area contributed by atoms with E-state index in [2.05, 4.69) is 6.92 Å². The number of hydrogen-bond donors (Lipinski definition) is 0. The van der Waals surface area contributed by atoms with Crippen molar-refractivity contribution in [3.05, 3.63) is 29.3 Å². The smallest absolute Gasteiger partial charge is 0.200 e. The van der Waals surface area contributed by atoms with E-state index < -0.39 is 11.6 Å². The van der Waals surface area contributed by atoms with Crippen LogP contribution in [0.5, 0.6) is 5.75 Å². The Hall–Kier alpha value is -1.20. The van der Waals surface area contributed by atoms with Crippen LogP contribution in [0.1, 0.15) is 70.3 Å². The minimum atomic E-state index is -0.900. The number of hydrogen-bond acceptors (Lipinski definition) is 3. The van der Waals surface area contributed by atoms with Gasteiger partial charge in [0.05, 0.1) is 32.0 Å². The summed E-state index contributed by atoms with van der Waals surface area (Å²) in [6, 6.07) is 3.14. The first-order valence-electron chi connectivity index (χ1n) is 10.5. The third-order valence-corrected chi connectivity index (χ3v) is 6.08. The van der Waals surface area contributed by atoms with Gasteiger partial charge in [-0.3, -0.25) is 0 Å². The minimum Gasteiger partial charge on any atom is -0.491 e. The first kappa shape index (κ1) is 20.5. The Kier molecular flexibility index (Phi) is 7.48. The van der Waals surface area contributed by atoms with Crippen molar-refractivity contribution >= 4 is 0 Å². The molecule has 0 bridgehead atoms. The second-order valence-electron chi connectivity index (χ2n) is 7.83. The van der Waals surface area contributed by atoms with E-state index in [1.54, 1.807) is 13.0 Å². The zero-order chi connectivity index (χ0) is 19.2. The van der Waals surface area contributed by atoms with Gasteiger partial charge in [0.15, 0.2) is 11.6 Å². The van der Waals surface area contributed by atoms with Crippen LogP contribution in [0.2, 0.25) is 0 Å². The molecule has 2 fully saturated rings. The Morgan fingerprint density at radius 3 is 2.41 bits per heavy atom. The summed E-state index contributed by atoms with van der Waals surface area (Å²) >= 11 is 0.